The highest BCUT2D eigenvalue weighted by molar-refractivity contribution is 7.11. The number of aromatic nitrogens is 2. The summed E-state index contributed by atoms with van der Waals surface area (Å²) >= 11 is 1.08. The minimum absolute atomic E-state index is 0.134. The van der Waals surface area contributed by atoms with Crippen LogP contribution in [0.5, 0.6) is 0 Å². The van der Waals surface area contributed by atoms with E-state index in [-0.39, 0.29) is 5.01 Å². The molecule has 1 fully saturated rings. The highest BCUT2D eigenvalue weighted by Crippen LogP contribution is 2.35. The number of hydrogen-bond acceptors (Lipinski definition) is 3. The van der Waals surface area contributed by atoms with Crippen molar-refractivity contribution in [3.63, 3.8) is 0 Å². The van der Waals surface area contributed by atoms with Crippen LogP contribution in [0.2, 0.25) is 0 Å². The fourth-order valence-electron chi connectivity index (χ4n) is 1.85. The molecule has 0 unspecified atom stereocenters. The summed E-state index contributed by atoms with van der Waals surface area (Å²) in [6.07, 6.45) is 3.33. The molecular weight excluding hydrogens is 206 g/mol. The molecule has 1 saturated carbocycles. The van der Waals surface area contributed by atoms with Gasteiger partial charge in [-0.3, -0.25) is 0 Å². The SMILES string of the molecule is FC(F)c1nnc(C2CCCCC2)s1. The van der Waals surface area contributed by atoms with E-state index in [1.54, 1.807) is 0 Å². The molecule has 0 N–H and O–H groups in total. The average Bonchev–Trinajstić information content (AvgIpc) is 2.68. The Bertz CT molecular complexity index is 295. The van der Waals surface area contributed by atoms with Crippen LogP contribution in [0, 0.1) is 0 Å². The first kappa shape index (κ1) is 9.96. The van der Waals surface area contributed by atoms with Crippen molar-refractivity contribution in [2.24, 2.45) is 0 Å². The van der Waals surface area contributed by atoms with Crippen LogP contribution >= 0.6 is 11.3 Å². The van der Waals surface area contributed by atoms with E-state index in [4.69, 9.17) is 0 Å². The van der Waals surface area contributed by atoms with E-state index in [9.17, 15) is 8.78 Å². The Hall–Kier alpha value is -0.580. The van der Waals surface area contributed by atoms with Gasteiger partial charge >= 0.3 is 0 Å². The summed E-state index contributed by atoms with van der Waals surface area (Å²) < 4.78 is 24.5. The molecule has 0 amide bonds. The van der Waals surface area contributed by atoms with Crippen molar-refractivity contribution in [2.45, 2.75) is 44.4 Å². The first-order valence-electron chi connectivity index (χ1n) is 4.89. The van der Waals surface area contributed by atoms with E-state index >= 15 is 0 Å². The lowest BCUT2D eigenvalue weighted by Gasteiger charge is -2.18. The van der Waals surface area contributed by atoms with Crippen LogP contribution in [-0.4, -0.2) is 10.2 Å². The first-order chi connectivity index (χ1) is 6.77. The summed E-state index contributed by atoms with van der Waals surface area (Å²) in [5.74, 6) is 0.383. The molecule has 0 aliphatic heterocycles. The van der Waals surface area contributed by atoms with E-state index in [1.807, 2.05) is 0 Å². The lowest BCUT2D eigenvalue weighted by atomic mass is 9.90. The minimum Gasteiger partial charge on any atom is -0.202 e. The van der Waals surface area contributed by atoms with E-state index in [2.05, 4.69) is 10.2 Å². The number of nitrogens with zero attached hydrogens (tertiary/aromatic N) is 2. The summed E-state index contributed by atoms with van der Waals surface area (Å²) in [4.78, 5) is 0. The topological polar surface area (TPSA) is 25.8 Å². The molecule has 1 aliphatic rings. The van der Waals surface area contributed by atoms with Gasteiger partial charge in [-0.1, -0.05) is 30.6 Å². The second kappa shape index (κ2) is 4.29. The van der Waals surface area contributed by atoms with Crippen LogP contribution in [0.25, 0.3) is 0 Å². The number of hydrogen-bond donors (Lipinski definition) is 0. The van der Waals surface area contributed by atoms with Gasteiger partial charge in [-0.25, -0.2) is 8.78 Å². The van der Waals surface area contributed by atoms with Gasteiger partial charge in [-0.2, -0.15) is 0 Å². The zero-order valence-corrected chi connectivity index (χ0v) is 8.57. The van der Waals surface area contributed by atoms with Crippen LogP contribution in [0.1, 0.15) is 54.5 Å². The van der Waals surface area contributed by atoms with Crippen LogP contribution in [-0.2, 0) is 0 Å². The summed E-state index contributed by atoms with van der Waals surface area (Å²) in [6, 6.07) is 0. The molecule has 5 heteroatoms. The third-order valence-electron chi connectivity index (χ3n) is 2.60. The molecule has 78 valence electrons. The van der Waals surface area contributed by atoms with Crippen molar-refractivity contribution < 1.29 is 8.78 Å². The van der Waals surface area contributed by atoms with Crippen LogP contribution in [0.15, 0.2) is 0 Å². The Morgan fingerprint density at radius 2 is 1.86 bits per heavy atom. The standard InChI is InChI=1S/C9H12F2N2S/c10-7(11)9-13-12-8(14-9)6-4-2-1-3-5-6/h6-7H,1-5H2. The molecule has 1 aromatic rings. The van der Waals surface area contributed by atoms with Crippen molar-refractivity contribution >= 4 is 11.3 Å². The van der Waals surface area contributed by atoms with Crippen LogP contribution < -0.4 is 0 Å². The molecule has 2 nitrogen and oxygen atoms in total. The Kier molecular flexibility index (Phi) is 3.05. The fraction of sp³-hybridized carbons (Fsp3) is 0.778. The van der Waals surface area contributed by atoms with Crippen LogP contribution in [0.4, 0.5) is 8.78 Å². The Morgan fingerprint density at radius 3 is 2.43 bits per heavy atom. The monoisotopic (exact) mass is 218 g/mol. The summed E-state index contributed by atoms with van der Waals surface area (Å²) in [5.41, 5.74) is 0. The fourth-order valence-corrected chi connectivity index (χ4v) is 2.72. The van der Waals surface area contributed by atoms with Gasteiger partial charge in [0.05, 0.1) is 0 Å². The molecule has 1 aromatic heterocycles. The lowest BCUT2D eigenvalue weighted by molar-refractivity contribution is 0.150. The molecule has 2 rings (SSSR count). The molecule has 0 atom stereocenters. The van der Waals surface area contributed by atoms with Crippen molar-refractivity contribution in [3.8, 4) is 0 Å². The van der Waals surface area contributed by atoms with Crippen LogP contribution in [0.3, 0.4) is 0 Å². The summed E-state index contributed by atoms with van der Waals surface area (Å²) in [6.45, 7) is 0. The summed E-state index contributed by atoms with van der Waals surface area (Å²) in [5, 5.41) is 8.03. The van der Waals surface area contributed by atoms with Gasteiger partial charge in [-0.05, 0) is 12.8 Å². The largest absolute Gasteiger partial charge is 0.291 e. The van der Waals surface area contributed by atoms with E-state index in [0.29, 0.717) is 5.92 Å². The van der Waals surface area contributed by atoms with Gasteiger partial charge in [0.1, 0.15) is 5.01 Å². The van der Waals surface area contributed by atoms with Gasteiger partial charge in [0.25, 0.3) is 6.43 Å². The normalized spacial score (nSPS) is 19.1. The molecule has 0 radical (unpaired) electrons. The van der Waals surface area contributed by atoms with Crippen molar-refractivity contribution in [1.29, 1.82) is 0 Å². The molecule has 1 heterocycles. The van der Waals surface area contributed by atoms with Crippen molar-refractivity contribution in [3.05, 3.63) is 10.0 Å². The second-order valence-electron chi connectivity index (χ2n) is 3.61. The van der Waals surface area contributed by atoms with Crippen molar-refractivity contribution in [1.82, 2.24) is 10.2 Å². The molecule has 0 saturated heterocycles. The molecular formula is C9H12F2N2S. The quantitative estimate of drug-likeness (QED) is 0.759. The predicted octanol–water partition coefficient (Wildman–Crippen LogP) is 3.52. The van der Waals surface area contributed by atoms with Crippen molar-refractivity contribution in [2.75, 3.05) is 0 Å². The zero-order valence-electron chi connectivity index (χ0n) is 7.75. The molecule has 0 spiro atoms. The maximum absolute atomic E-state index is 12.3. The smallest absolute Gasteiger partial charge is 0.202 e. The lowest BCUT2D eigenvalue weighted by Crippen LogP contribution is -2.03. The van der Waals surface area contributed by atoms with Gasteiger partial charge in [0.2, 0.25) is 0 Å². The Morgan fingerprint density at radius 1 is 1.14 bits per heavy atom. The van der Waals surface area contributed by atoms with Gasteiger partial charge in [-0.15, -0.1) is 10.2 Å². The van der Waals surface area contributed by atoms with Gasteiger partial charge < -0.3 is 0 Å². The second-order valence-corrected chi connectivity index (χ2v) is 4.65. The number of halogens is 2. The zero-order chi connectivity index (χ0) is 9.97. The Balaban J connectivity index is 2.07. The van der Waals surface area contributed by atoms with E-state index in [0.717, 1.165) is 29.2 Å². The predicted molar refractivity (Wildman–Crippen MR) is 50.7 cm³/mol. The third-order valence-corrected chi connectivity index (χ3v) is 3.69. The molecule has 0 bridgehead atoms. The Labute approximate surface area is 85.4 Å². The number of alkyl halides is 2. The molecule has 0 aromatic carbocycles. The average molecular weight is 218 g/mol. The van der Waals surface area contributed by atoms with Gasteiger partial charge in [0.15, 0.2) is 5.01 Å². The maximum atomic E-state index is 12.3. The van der Waals surface area contributed by atoms with E-state index < -0.39 is 6.43 Å². The highest BCUT2D eigenvalue weighted by atomic mass is 32.1. The first-order valence-corrected chi connectivity index (χ1v) is 5.70. The van der Waals surface area contributed by atoms with Gasteiger partial charge in [0, 0.05) is 5.92 Å². The maximum Gasteiger partial charge on any atom is 0.291 e. The summed E-state index contributed by atoms with van der Waals surface area (Å²) in [7, 11) is 0. The number of rotatable bonds is 2. The highest BCUT2D eigenvalue weighted by Gasteiger charge is 2.21. The third kappa shape index (κ3) is 2.08. The molecule has 14 heavy (non-hydrogen) atoms. The minimum atomic E-state index is -2.47. The van der Waals surface area contributed by atoms with E-state index in [1.165, 1.54) is 19.3 Å². The molecule has 1 aliphatic carbocycles.